The normalized spacial score (nSPS) is 10.7. The van der Waals surface area contributed by atoms with E-state index in [1.165, 1.54) is 0 Å². The maximum Gasteiger partial charge on any atom is 0.369 e. The number of hydrogen-bond acceptors (Lipinski definition) is 5. The molecule has 0 heterocycles. The monoisotopic (exact) mass is 285 g/mol. The van der Waals surface area contributed by atoms with Crippen LogP contribution >= 0.6 is 23.2 Å². The average Bonchev–Trinajstić information content (AvgIpc) is 2.29. The number of nitrogens with zero attached hydrogens (tertiary/aromatic N) is 2. The van der Waals surface area contributed by atoms with Crippen LogP contribution in [0.2, 0.25) is 10.0 Å². The van der Waals surface area contributed by atoms with Crippen molar-refractivity contribution >= 4 is 40.6 Å². The lowest BCUT2D eigenvalue weighted by molar-refractivity contribution is -0.134. The molecule has 0 radical (unpaired) electrons. The number of rotatable bonds is 4. The van der Waals surface area contributed by atoms with Crippen LogP contribution < -0.4 is 5.43 Å². The van der Waals surface area contributed by atoms with Crippen LogP contribution in [0.25, 0.3) is 0 Å². The van der Waals surface area contributed by atoms with E-state index in [4.69, 9.17) is 28.5 Å². The number of nitriles is 1. The molecule has 1 aromatic rings. The van der Waals surface area contributed by atoms with E-state index >= 15 is 0 Å². The fourth-order valence-corrected chi connectivity index (χ4v) is 1.58. The fraction of sp³-hybridized carbons (Fsp3) is 0.182. The molecule has 0 saturated carbocycles. The van der Waals surface area contributed by atoms with Crippen molar-refractivity contribution in [2.24, 2.45) is 5.10 Å². The highest BCUT2D eigenvalue weighted by Gasteiger charge is 2.11. The molecule has 1 N–H and O–H groups in total. The summed E-state index contributed by atoms with van der Waals surface area (Å²) in [6.45, 7) is 1.81. The van der Waals surface area contributed by atoms with Crippen molar-refractivity contribution in [2.75, 3.05) is 12.0 Å². The minimum absolute atomic E-state index is 0.169. The van der Waals surface area contributed by atoms with Gasteiger partial charge in [0, 0.05) is 10.0 Å². The van der Waals surface area contributed by atoms with Crippen LogP contribution in [0.4, 0.5) is 5.69 Å². The molecule has 94 valence electrons. The SMILES string of the molecule is CCOC(=O)/C(C#N)=N\Nc1cc(Cl)cc(Cl)c1. The topological polar surface area (TPSA) is 74.5 Å². The van der Waals surface area contributed by atoms with Crippen molar-refractivity contribution in [3.05, 3.63) is 28.2 Å². The van der Waals surface area contributed by atoms with Crippen LogP contribution in [0.15, 0.2) is 23.3 Å². The quantitative estimate of drug-likeness (QED) is 0.524. The lowest BCUT2D eigenvalue weighted by Crippen LogP contribution is -2.17. The van der Waals surface area contributed by atoms with Gasteiger partial charge >= 0.3 is 5.97 Å². The van der Waals surface area contributed by atoms with Crippen molar-refractivity contribution in [3.8, 4) is 6.07 Å². The van der Waals surface area contributed by atoms with Gasteiger partial charge in [0.05, 0.1) is 12.3 Å². The van der Waals surface area contributed by atoms with Crippen molar-refractivity contribution < 1.29 is 9.53 Å². The highest BCUT2D eigenvalue weighted by atomic mass is 35.5. The Bertz CT molecular complexity index is 503. The molecule has 0 saturated heterocycles. The highest BCUT2D eigenvalue weighted by molar-refractivity contribution is 6.43. The number of carbonyl (C=O) groups excluding carboxylic acids is 1. The molecule has 0 aliphatic rings. The summed E-state index contributed by atoms with van der Waals surface area (Å²) >= 11 is 11.6. The summed E-state index contributed by atoms with van der Waals surface area (Å²) in [5, 5.41) is 13.2. The molecule has 18 heavy (non-hydrogen) atoms. The van der Waals surface area contributed by atoms with Gasteiger partial charge in [-0.2, -0.15) is 10.4 Å². The van der Waals surface area contributed by atoms with Gasteiger partial charge in [0.2, 0.25) is 5.71 Å². The molecule has 0 fully saturated rings. The van der Waals surface area contributed by atoms with E-state index in [9.17, 15) is 4.79 Å². The van der Waals surface area contributed by atoms with Crippen molar-refractivity contribution in [1.82, 2.24) is 0 Å². The number of esters is 1. The number of anilines is 1. The molecule has 0 unspecified atom stereocenters. The second-order valence-corrected chi connectivity index (χ2v) is 3.94. The Balaban J connectivity index is 2.83. The minimum atomic E-state index is -0.791. The number of benzene rings is 1. The fourth-order valence-electron chi connectivity index (χ4n) is 1.05. The number of hydrogen-bond donors (Lipinski definition) is 1. The van der Waals surface area contributed by atoms with Crippen LogP contribution in [0.5, 0.6) is 0 Å². The number of nitrogens with one attached hydrogen (secondary N) is 1. The molecule has 0 amide bonds. The van der Waals surface area contributed by atoms with Gasteiger partial charge in [-0.25, -0.2) is 4.79 Å². The number of carbonyl (C=O) groups is 1. The molecule has 0 aliphatic heterocycles. The number of ether oxygens (including phenoxy) is 1. The third-order valence-electron chi connectivity index (χ3n) is 1.73. The Labute approximate surface area is 114 Å². The van der Waals surface area contributed by atoms with E-state index in [0.717, 1.165) is 0 Å². The minimum Gasteiger partial charge on any atom is -0.461 e. The van der Waals surface area contributed by atoms with Crippen LogP contribution in [0.3, 0.4) is 0 Å². The first-order valence-corrected chi connectivity index (χ1v) is 5.69. The highest BCUT2D eigenvalue weighted by Crippen LogP contribution is 2.22. The van der Waals surface area contributed by atoms with Gasteiger partial charge in [-0.15, -0.1) is 0 Å². The van der Waals surface area contributed by atoms with E-state index < -0.39 is 5.97 Å². The zero-order valence-corrected chi connectivity index (χ0v) is 10.9. The summed E-state index contributed by atoms with van der Waals surface area (Å²) in [7, 11) is 0. The van der Waals surface area contributed by atoms with Gasteiger partial charge < -0.3 is 4.74 Å². The lowest BCUT2D eigenvalue weighted by atomic mass is 10.3. The Hall–Kier alpha value is -1.77. The maximum absolute atomic E-state index is 11.3. The predicted octanol–water partition coefficient (Wildman–Crippen LogP) is 2.85. The van der Waals surface area contributed by atoms with E-state index in [2.05, 4.69) is 15.3 Å². The summed E-state index contributed by atoms with van der Waals surface area (Å²) in [5.41, 5.74) is 2.59. The molecule has 1 aromatic carbocycles. The Kier molecular flexibility index (Phi) is 5.43. The molecular formula is C11H9Cl2N3O2. The van der Waals surface area contributed by atoms with Gasteiger partial charge in [0.15, 0.2) is 0 Å². The second kappa shape index (κ2) is 6.84. The third-order valence-corrected chi connectivity index (χ3v) is 2.17. The molecule has 0 aliphatic carbocycles. The first-order valence-electron chi connectivity index (χ1n) is 4.93. The largest absolute Gasteiger partial charge is 0.461 e. The zero-order chi connectivity index (χ0) is 13.5. The van der Waals surface area contributed by atoms with Gasteiger partial charge in [-0.05, 0) is 25.1 Å². The zero-order valence-electron chi connectivity index (χ0n) is 9.41. The molecule has 7 heteroatoms. The van der Waals surface area contributed by atoms with E-state index in [0.29, 0.717) is 15.7 Å². The van der Waals surface area contributed by atoms with Gasteiger partial charge in [0.1, 0.15) is 6.07 Å². The van der Waals surface area contributed by atoms with Crippen LogP contribution in [-0.4, -0.2) is 18.3 Å². The average molecular weight is 286 g/mol. The van der Waals surface area contributed by atoms with E-state index in [-0.39, 0.29) is 12.3 Å². The predicted molar refractivity (Wildman–Crippen MR) is 69.8 cm³/mol. The summed E-state index contributed by atoms with van der Waals surface area (Å²) in [5.74, 6) is -0.791. The molecule has 0 atom stereocenters. The second-order valence-electron chi connectivity index (χ2n) is 3.06. The Morgan fingerprint density at radius 1 is 1.44 bits per heavy atom. The Morgan fingerprint density at radius 3 is 2.56 bits per heavy atom. The molecule has 0 spiro atoms. The van der Waals surface area contributed by atoms with Gasteiger partial charge in [0.25, 0.3) is 0 Å². The Morgan fingerprint density at radius 2 is 2.06 bits per heavy atom. The summed E-state index contributed by atoms with van der Waals surface area (Å²) in [6.07, 6.45) is 0. The van der Waals surface area contributed by atoms with Crippen molar-refractivity contribution in [1.29, 1.82) is 5.26 Å². The van der Waals surface area contributed by atoms with Crippen molar-refractivity contribution in [3.63, 3.8) is 0 Å². The summed E-state index contributed by atoms with van der Waals surface area (Å²) in [4.78, 5) is 11.3. The summed E-state index contributed by atoms with van der Waals surface area (Å²) in [6, 6.07) is 6.29. The first kappa shape index (κ1) is 14.3. The first-order chi connectivity index (χ1) is 8.56. The van der Waals surface area contributed by atoms with Gasteiger partial charge in [-0.1, -0.05) is 23.2 Å². The summed E-state index contributed by atoms with van der Waals surface area (Å²) < 4.78 is 4.65. The number of halogens is 2. The molecule has 1 rings (SSSR count). The van der Waals surface area contributed by atoms with Crippen LogP contribution in [0.1, 0.15) is 6.92 Å². The van der Waals surface area contributed by atoms with Crippen molar-refractivity contribution in [2.45, 2.75) is 6.92 Å². The van der Waals surface area contributed by atoms with Crippen LogP contribution in [-0.2, 0) is 9.53 Å². The molecular weight excluding hydrogens is 277 g/mol. The van der Waals surface area contributed by atoms with E-state index in [1.807, 2.05) is 0 Å². The molecule has 0 bridgehead atoms. The lowest BCUT2D eigenvalue weighted by Gasteiger charge is -2.03. The molecule has 5 nitrogen and oxygen atoms in total. The standard InChI is InChI=1S/C11H9Cl2N3O2/c1-2-18-11(17)10(6-14)16-15-9-4-7(12)3-8(13)5-9/h3-5,15H,2H2,1H3/b16-10-. The van der Waals surface area contributed by atoms with Gasteiger partial charge in [-0.3, -0.25) is 5.43 Å². The molecule has 0 aromatic heterocycles. The smallest absolute Gasteiger partial charge is 0.369 e. The number of hydrazone groups is 1. The maximum atomic E-state index is 11.3. The van der Waals surface area contributed by atoms with Crippen LogP contribution in [0, 0.1) is 11.3 Å². The third kappa shape index (κ3) is 4.24. The van der Waals surface area contributed by atoms with E-state index in [1.54, 1.807) is 31.2 Å².